The van der Waals surface area contributed by atoms with Crippen LogP contribution in [0.1, 0.15) is 35.0 Å². The van der Waals surface area contributed by atoms with Crippen LogP contribution in [-0.4, -0.2) is 34.7 Å². The fourth-order valence-corrected chi connectivity index (χ4v) is 3.57. The lowest BCUT2D eigenvalue weighted by atomic mass is 9.94. The highest BCUT2D eigenvalue weighted by Gasteiger charge is 2.34. The molecule has 1 aliphatic rings. The molecule has 2 heterocycles. The third-order valence-electron chi connectivity index (χ3n) is 4.81. The van der Waals surface area contributed by atoms with Crippen LogP contribution in [0.5, 0.6) is 0 Å². The molecule has 5 nitrogen and oxygen atoms in total. The number of aryl methyl sites for hydroxylation is 1. The average Bonchev–Trinajstić information content (AvgIpc) is 3.12. The number of halogens is 2. The molecule has 4 rings (SSSR count). The van der Waals surface area contributed by atoms with Gasteiger partial charge in [-0.15, -0.1) is 10.2 Å². The summed E-state index contributed by atoms with van der Waals surface area (Å²) in [7, 11) is 0. The summed E-state index contributed by atoms with van der Waals surface area (Å²) in [5.74, 6) is 0.464. The van der Waals surface area contributed by atoms with Gasteiger partial charge < -0.3 is 9.73 Å². The van der Waals surface area contributed by atoms with Crippen LogP contribution in [0.2, 0.25) is 0 Å². The van der Waals surface area contributed by atoms with Gasteiger partial charge in [-0.3, -0.25) is 4.90 Å². The van der Waals surface area contributed by atoms with Crippen molar-refractivity contribution in [2.45, 2.75) is 19.0 Å². The molecule has 1 unspecified atom stereocenters. The number of aromatic nitrogens is 2. The first-order valence-electron chi connectivity index (χ1n) is 8.89. The van der Waals surface area contributed by atoms with E-state index in [9.17, 15) is 8.78 Å². The summed E-state index contributed by atoms with van der Waals surface area (Å²) < 4.78 is 32.7. The Balaban J connectivity index is 1.78. The van der Waals surface area contributed by atoms with Gasteiger partial charge in [0.25, 0.3) is 0 Å². The number of rotatable bonds is 4. The minimum Gasteiger partial charge on any atom is -0.424 e. The number of hydrogen-bond donors (Lipinski definition) is 1. The lowest BCUT2D eigenvalue weighted by molar-refractivity contribution is 0.104. The maximum Gasteiger partial charge on any atom is 0.234 e. The quantitative estimate of drug-likeness (QED) is 0.763. The van der Waals surface area contributed by atoms with Crippen molar-refractivity contribution in [3.05, 3.63) is 83.1 Å². The van der Waals surface area contributed by atoms with E-state index < -0.39 is 0 Å². The molecule has 1 atom stereocenters. The van der Waals surface area contributed by atoms with Crippen LogP contribution < -0.4 is 5.32 Å². The summed E-state index contributed by atoms with van der Waals surface area (Å²) in [4.78, 5) is 2.24. The van der Waals surface area contributed by atoms with Crippen LogP contribution in [0.3, 0.4) is 0 Å². The molecule has 0 radical (unpaired) electrons. The Kier molecular flexibility index (Phi) is 4.96. The summed E-state index contributed by atoms with van der Waals surface area (Å²) in [5, 5.41) is 11.5. The number of piperazine rings is 1. The number of nitrogens with one attached hydrogen (secondary N) is 1. The van der Waals surface area contributed by atoms with Gasteiger partial charge in [0.1, 0.15) is 17.7 Å². The number of hydrogen-bond acceptors (Lipinski definition) is 5. The molecular formula is C20H20F2N4O. The predicted molar refractivity (Wildman–Crippen MR) is 96.0 cm³/mol. The topological polar surface area (TPSA) is 54.2 Å². The van der Waals surface area contributed by atoms with Crippen LogP contribution >= 0.6 is 0 Å². The lowest BCUT2D eigenvalue weighted by Gasteiger charge is -2.40. The standard InChI is InChI=1S/C20H20F2N4O/c1-13-24-25-20(27-13)18-12-23-10-11-26(18)19(14-2-6-16(21)7-3-14)15-4-8-17(22)9-5-15/h2-9,18-19,23H,10-12H2,1H3. The molecule has 0 saturated carbocycles. The molecule has 27 heavy (non-hydrogen) atoms. The Morgan fingerprint density at radius 1 is 1.00 bits per heavy atom. The first-order chi connectivity index (χ1) is 13.1. The molecule has 0 aliphatic carbocycles. The molecule has 3 aromatic rings. The van der Waals surface area contributed by atoms with Gasteiger partial charge in [-0.1, -0.05) is 24.3 Å². The highest BCUT2D eigenvalue weighted by molar-refractivity contribution is 5.33. The van der Waals surface area contributed by atoms with Gasteiger partial charge in [0.15, 0.2) is 0 Å². The monoisotopic (exact) mass is 370 g/mol. The molecule has 0 amide bonds. The zero-order chi connectivity index (χ0) is 18.8. The Bertz CT molecular complexity index is 850. The van der Waals surface area contributed by atoms with E-state index in [0.717, 1.165) is 24.2 Å². The molecule has 1 aliphatic heterocycles. The molecule has 7 heteroatoms. The first-order valence-corrected chi connectivity index (χ1v) is 8.89. The molecule has 1 aromatic heterocycles. The fourth-order valence-electron chi connectivity index (χ4n) is 3.57. The average molecular weight is 370 g/mol. The molecule has 2 aromatic carbocycles. The lowest BCUT2D eigenvalue weighted by Crippen LogP contribution is -2.47. The molecule has 1 N–H and O–H groups in total. The Morgan fingerprint density at radius 3 is 2.11 bits per heavy atom. The highest BCUT2D eigenvalue weighted by atomic mass is 19.1. The summed E-state index contributed by atoms with van der Waals surface area (Å²) in [6, 6.07) is 12.5. The predicted octanol–water partition coefficient (Wildman–Crippen LogP) is 3.39. The van der Waals surface area contributed by atoms with Crippen molar-refractivity contribution >= 4 is 0 Å². The van der Waals surface area contributed by atoms with E-state index in [0.29, 0.717) is 18.3 Å². The molecule has 0 bridgehead atoms. The van der Waals surface area contributed by atoms with Gasteiger partial charge in [-0.05, 0) is 35.4 Å². The molecule has 1 saturated heterocycles. The van der Waals surface area contributed by atoms with E-state index in [1.54, 1.807) is 31.2 Å². The van der Waals surface area contributed by atoms with Gasteiger partial charge in [0.05, 0.1) is 6.04 Å². The molecule has 0 spiro atoms. The second kappa shape index (κ2) is 7.54. The second-order valence-corrected chi connectivity index (χ2v) is 6.62. The summed E-state index contributed by atoms with van der Waals surface area (Å²) in [6.07, 6.45) is 0. The third-order valence-corrected chi connectivity index (χ3v) is 4.81. The fraction of sp³-hybridized carbons (Fsp3) is 0.300. The third kappa shape index (κ3) is 3.74. The van der Waals surface area contributed by atoms with Crippen LogP contribution in [0.4, 0.5) is 8.78 Å². The van der Waals surface area contributed by atoms with Crippen molar-refractivity contribution in [3.8, 4) is 0 Å². The van der Waals surface area contributed by atoms with Crippen LogP contribution in [-0.2, 0) is 0 Å². The van der Waals surface area contributed by atoms with Crippen LogP contribution in [0.15, 0.2) is 52.9 Å². The number of nitrogens with zero attached hydrogens (tertiary/aromatic N) is 3. The van der Waals surface area contributed by atoms with Gasteiger partial charge in [0, 0.05) is 26.6 Å². The van der Waals surface area contributed by atoms with E-state index in [-0.39, 0.29) is 23.7 Å². The Hall–Kier alpha value is -2.64. The molecular weight excluding hydrogens is 350 g/mol. The zero-order valence-corrected chi connectivity index (χ0v) is 14.9. The summed E-state index contributed by atoms with van der Waals surface area (Å²) in [6.45, 7) is 3.93. The highest BCUT2D eigenvalue weighted by Crippen LogP contribution is 2.36. The van der Waals surface area contributed by atoms with Crippen molar-refractivity contribution in [2.24, 2.45) is 0 Å². The first kappa shape index (κ1) is 17.8. The van der Waals surface area contributed by atoms with Gasteiger partial charge in [-0.2, -0.15) is 0 Å². The van der Waals surface area contributed by atoms with E-state index in [1.165, 1.54) is 24.3 Å². The molecule has 140 valence electrons. The van der Waals surface area contributed by atoms with Gasteiger partial charge >= 0.3 is 0 Å². The smallest absolute Gasteiger partial charge is 0.234 e. The summed E-state index contributed by atoms with van der Waals surface area (Å²) >= 11 is 0. The minimum atomic E-state index is -0.291. The minimum absolute atomic E-state index is 0.139. The van der Waals surface area contributed by atoms with Crippen LogP contribution in [0, 0.1) is 18.6 Å². The van der Waals surface area contributed by atoms with Crippen molar-refractivity contribution in [1.29, 1.82) is 0 Å². The van der Waals surface area contributed by atoms with Crippen molar-refractivity contribution in [1.82, 2.24) is 20.4 Å². The maximum atomic E-state index is 13.5. The van der Waals surface area contributed by atoms with Gasteiger partial charge in [-0.25, -0.2) is 8.78 Å². The van der Waals surface area contributed by atoms with Crippen LogP contribution in [0.25, 0.3) is 0 Å². The van der Waals surface area contributed by atoms with Crippen molar-refractivity contribution < 1.29 is 13.2 Å². The Labute approximate surface area is 156 Å². The Morgan fingerprint density at radius 2 is 1.59 bits per heavy atom. The second-order valence-electron chi connectivity index (χ2n) is 6.62. The van der Waals surface area contributed by atoms with E-state index in [2.05, 4.69) is 20.4 Å². The van der Waals surface area contributed by atoms with Crippen molar-refractivity contribution in [3.63, 3.8) is 0 Å². The SMILES string of the molecule is Cc1nnc(C2CNCCN2C(c2ccc(F)cc2)c2ccc(F)cc2)o1. The molecule has 1 fully saturated rings. The van der Waals surface area contributed by atoms with E-state index in [1.807, 2.05) is 0 Å². The van der Waals surface area contributed by atoms with E-state index in [4.69, 9.17) is 4.42 Å². The summed E-state index contributed by atoms with van der Waals surface area (Å²) in [5.41, 5.74) is 1.84. The number of benzene rings is 2. The largest absolute Gasteiger partial charge is 0.424 e. The van der Waals surface area contributed by atoms with Gasteiger partial charge in [0.2, 0.25) is 11.8 Å². The zero-order valence-electron chi connectivity index (χ0n) is 14.9. The normalized spacial score (nSPS) is 18.1. The maximum absolute atomic E-state index is 13.5. The van der Waals surface area contributed by atoms with Crippen molar-refractivity contribution in [2.75, 3.05) is 19.6 Å². The van der Waals surface area contributed by atoms with E-state index >= 15 is 0 Å².